The van der Waals surface area contributed by atoms with E-state index in [1.54, 1.807) is 6.07 Å². The van der Waals surface area contributed by atoms with Gasteiger partial charge in [0.2, 0.25) is 5.78 Å². The molecule has 0 amide bonds. The lowest BCUT2D eigenvalue weighted by molar-refractivity contribution is 0.0636. The summed E-state index contributed by atoms with van der Waals surface area (Å²) < 4.78 is 36.6. The van der Waals surface area contributed by atoms with Gasteiger partial charge in [-0.25, -0.2) is 9.97 Å². The van der Waals surface area contributed by atoms with Gasteiger partial charge < -0.3 is 15.2 Å². The summed E-state index contributed by atoms with van der Waals surface area (Å²) in [6.45, 7) is 0.561. The second-order valence-corrected chi connectivity index (χ2v) is 11.7. The Morgan fingerprint density at radius 2 is 2.16 bits per heavy atom. The smallest absolute Gasteiger partial charge is 0.335 e. The lowest BCUT2D eigenvalue weighted by atomic mass is 9.94. The number of anilines is 1. The first kappa shape index (κ1) is 26.2. The van der Waals surface area contributed by atoms with E-state index in [9.17, 15) is 18.3 Å². The van der Waals surface area contributed by atoms with Gasteiger partial charge in [-0.3, -0.25) is 8.98 Å². The fourth-order valence-corrected chi connectivity index (χ4v) is 6.48. The lowest BCUT2D eigenvalue weighted by Gasteiger charge is -2.26. The number of hydrogen-bond acceptors (Lipinski definition) is 10. The highest BCUT2D eigenvalue weighted by molar-refractivity contribution is 7.84. The molecule has 1 aliphatic carbocycles. The fourth-order valence-electron chi connectivity index (χ4n) is 4.68. The van der Waals surface area contributed by atoms with Crippen LogP contribution in [-0.4, -0.2) is 61.2 Å². The summed E-state index contributed by atoms with van der Waals surface area (Å²) in [7, 11) is -2.72. The molecule has 0 spiro atoms. The van der Waals surface area contributed by atoms with Crippen molar-refractivity contribution in [2.24, 2.45) is 0 Å². The first-order valence-corrected chi connectivity index (χ1v) is 14.3. The third-order valence-electron chi connectivity index (χ3n) is 6.48. The van der Waals surface area contributed by atoms with E-state index in [-0.39, 0.29) is 36.3 Å². The van der Waals surface area contributed by atoms with E-state index < -0.39 is 22.5 Å². The summed E-state index contributed by atoms with van der Waals surface area (Å²) in [6.07, 6.45) is 1.70. The van der Waals surface area contributed by atoms with Gasteiger partial charge in [-0.15, -0.1) is 11.3 Å². The van der Waals surface area contributed by atoms with Crippen molar-refractivity contribution in [3.63, 3.8) is 0 Å². The Bertz CT molecular complexity index is 1420. The number of thiophene rings is 1. The number of hydrogen-bond donors (Lipinski definition) is 3. The monoisotopic (exact) mass is 564 g/mol. The molecule has 5 rings (SSSR count). The van der Waals surface area contributed by atoms with Gasteiger partial charge in [0.15, 0.2) is 0 Å². The number of nitrogens with zero attached hydrogens (tertiary/aromatic N) is 2. The maximum atomic E-state index is 13.5. The van der Waals surface area contributed by atoms with E-state index in [2.05, 4.69) is 20.0 Å². The molecule has 1 aliphatic heterocycles. The van der Waals surface area contributed by atoms with Gasteiger partial charge in [-0.2, -0.15) is 13.1 Å². The minimum Gasteiger partial charge on any atom is -0.390 e. The van der Waals surface area contributed by atoms with Crippen LogP contribution in [0.1, 0.15) is 50.9 Å². The number of ketones is 1. The molecule has 1 fully saturated rings. The molecule has 0 saturated heterocycles. The molecule has 2 aromatic heterocycles. The number of aliphatic hydroxyl groups excluding tert-OH is 1. The van der Waals surface area contributed by atoms with Gasteiger partial charge in [0.1, 0.15) is 24.4 Å². The summed E-state index contributed by atoms with van der Waals surface area (Å²) in [5.41, 5.74) is 3.17. The highest BCUT2D eigenvalue weighted by Gasteiger charge is 2.37. The first-order valence-electron chi connectivity index (χ1n) is 11.6. The Balaban J connectivity index is 1.34. The summed E-state index contributed by atoms with van der Waals surface area (Å²) in [4.78, 5) is 22.2. The van der Waals surface area contributed by atoms with Crippen molar-refractivity contribution in [3.05, 3.63) is 74.3 Å². The maximum absolute atomic E-state index is 13.5. The highest BCUT2D eigenvalue weighted by atomic mass is 35.5. The molecule has 0 unspecified atom stereocenters. The summed E-state index contributed by atoms with van der Waals surface area (Å²) in [6, 6.07) is 7.25. The molecule has 0 radical (unpaired) electrons. The molecule has 13 heteroatoms. The van der Waals surface area contributed by atoms with E-state index in [0.29, 0.717) is 22.3 Å². The Morgan fingerprint density at radius 3 is 2.97 bits per heavy atom. The summed E-state index contributed by atoms with van der Waals surface area (Å²) >= 11 is 7.78. The Kier molecular flexibility index (Phi) is 7.59. The average Bonchev–Trinajstić information content (AvgIpc) is 3.50. The van der Waals surface area contributed by atoms with Crippen LogP contribution in [0.4, 0.5) is 5.82 Å². The van der Waals surface area contributed by atoms with Crippen molar-refractivity contribution < 1.29 is 27.2 Å². The average molecular weight is 565 g/mol. The zero-order valence-corrected chi connectivity index (χ0v) is 22.1. The van der Waals surface area contributed by atoms with Crippen LogP contribution >= 0.6 is 22.9 Å². The molecular formula is C24H25ClN4O6S2. The van der Waals surface area contributed by atoms with Crippen LogP contribution in [0.2, 0.25) is 5.02 Å². The van der Waals surface area contributed by atoms with Crippen molar-refractivity contribution >= 4 is 44.8 Å². The van der Waals surface area contributed by atoms with Gasteiger partial charge in [0, 0.05) is 29.9 Å². The van der Waals surface area contributed by atoms with Crippen molar-refractivity contribution in [2.45, 2.75) is 43.6 Å². The number of aromatic nitrogens is 2. The molecule has 3 N–H and O–H groups in total. The number of aliphatic hydroxyl groups is 1. The molecular weight excluding hydrogens is 540 g/mol. The number of carbonyl (C=O) groups is 1. The molecule has 1 aromatic carbocycles. The minimum absolute atomic E-state index is 0.210. The minimum atomic E-state index is -3.95. The van der Waals surface area contributed by atoms with Crippen LogP contribution in [0.15, 0.2) is 42.2 Å². The number of benzene rings is 1. The van der Waals surface area contributed by atoms with E-state index in [4.69, 9.17) is 20.5 Å². The zero-order valence-electron chi connectivity index (χ0n) is 19.8. The van der Waals surface area contributed by atoms with Crippen molar-refractivity contribution in [3.8, 4) is 0 Å². The van der Waals surface area contributed by atoms with Crippen LogP contribution in [0.3, 0.4) is 0 Å². The maximum Gasteiger partial charge on any atom is 0.335 e. The van der Waals surface area contributed by atoms with Crippen LogP contribution in [0.25, 0.3) is 0 Å². The number of rotatable bonds is 8. The largest absolute Gasteiger partial charge is 0.390 e. The number of fused-ring (bicyclic) bond motifs is 1. The molecule has 10 nitrogen and oxygen atoms in total. The molecule has 37 heavy (non-hydrogen) atoms. The van der Waals surface area contributed by atoms with E-state index in [1.165, 1.54) is 30.9 Å². The van der Waals surface area contributed by atoms with Crippen molar-refractivity contribution in [1.82, 2.24) is 14.7 Å². The van der Waals surface area contributed by atoms with Crippen molar-refractivity contribution in [1.29, 1.82) is 0 Å². The second kappa shape index (κ2) is 10.7. The normalized spacial score (nSPS) is 23.5. The molecule has 196 valence electrons. The SMILES string of the molecule is CNS(=O)(=O)O[C@@H]1C[C@H](Nc2ncncc2C(=O)c2cc([C@@H]3OCCc4cccc(Cl)c43)cs2)C[C@@H]1O. The number of ether oxygens (including phenoxy) is 1. The Hall–Kier alpha value is -2.45. The van der Waals surface area contributed by atoms with Gasteiger partial charge in [0.25, 0.3) is 0 Å². The highest BCUT2D eigenvalue weighted by Crippen LogP contribution is 2.39. The summed E-state index contributed by atoms with van der Waals surface area (Å²) in [5, 5.41) is 16.0. The van der Waals surface area contributed by atoms with E-state index in [1.807, 2.05) is 23.6 Å². The molecule has 2 aliphatic rings. The number of nitrogens with one attached hydrogen (secondary N) is 2. The van der Waals surface area contributed by atoms with Gasteiger partial charge >= 0.3 is 10.3 Å². The predicted octanol–water partition coefficient (Wildman–Crippen LogP) is 2.87. The van der Waals surface area contributed by atoms with Gasteiger partial charge in [0.05, 0.1) is 23.2 Å². The van der Waals surface area contributed by atoms with Crippen molar-refractivity contribution in [2.75, 3.05) is 19.0 Å². The Morgan fingerprint density at radius 1 is 1.32 bits per heavy atom. The third kappa shape index (κ3) is 5.55. The van der Waals surface area contributed by atoms with Crippen LogP contribution < -0.4 is 10.0 Å². The zero-order chi connectivity index (χ0) is 26.2. The third-order valence-corrected chi connectivity index (χ3v) is 8.75. The van der Waals surface area contributed by atoms with Crippen LogP contribution in [0.5, 0.6) is 0 Å². The standard InChI is InChI=1S/C24H25ClN4O6S2/c1-26-37(32,33)35-19-9-15(8-18(19)30)29-24-16(10-27-12-28-24)22(31)20-7-14(11-36-20)23-21-13(5-6-34-23)3-2-4-17(21)25/h2-4,7,10-12,15,18-19,23,26,30H,5-6,8-9H2,1H3,(H,27,28,29)/t15-,18+,19-,23+/m1/s1. The van der Waals surface area contributed by atoms with Crippen LogP contribution in [0, 0.1) is 0 Å². The number of halogens is 1. The van der Waals surface area contributed by atoms with E-state index in [0.717, 1.165) is 23.1 Å². The molecule has 0 bridgehead atoms. The second-order valence-electron chi connectivity index (χ2n) is 8.84. The Labute approximate surface area is 223 Å². The van der Waals surface area contributed by atoms with Gasteiger partial charge in [-0.05, 0) is 47.9 Å². The van der Waals surface area contributed by atoms with Crippen LogP contribution in [-0.2, 0) is 25.6 Å². The summed E-state index contributed by atoms with van der Waals surface area (Å²) in [5.74, 6) is 0.0326. The molecule has 4 atom stereocenters. The first-order chi connectivity index (χ1) is 17.8. The lowest BCUT2D eigenvalue weighted by Crippen LogP contribution is -2.31. The quantitative estimate of drug-likeness (QED) is 0.352. The number of carbonyl (C=O) groups excluding carboxylic acids is 1. The molecule has 3 aromatic rings. The topological polar surface area (TPSA) is 140 Å². The van der Waals surface area contributed by atoms with E-state index >= 15 is 0 Å². The molecule has 3 heterocycles. The fraction of sp³-hybridized carbons (Fsp3) is 0.375. The molecule has 1 saturated carbocycles. The van der Waals surface area contributed by atoms with Gasteiger partial charge in [-0.1, -0.05) is 23.7 Å². The predicted molar refractivity (Wildman–Crippen MR) is 138 cm³/mol.